The van der Waals surface area contributed by atoms with E-state index in [2.05, 4.69) is 21.9 Å². The van der Waals surface area contributed by atoms with Gasteiger partial charge in [0.05, 0.1) is 12.7 Å². The van der Waals surface area contributed by atoms with E-state index < -0.39 is 0 Å². The Bertz CT molecular complexity index is 537. The molecule has 0 saturated carbocycles. The summed E-state index contributed by atoms with van der Waals surface area (Å²) in [6.45, 7) is 5.81. The molecule has 0 N–H and O–H groups in total. The summed E-state index contributed by atoms with van der Waals surface area (Å²) in [6.07, 6.45) is 3.94. The zero-order valence-electron chi connectivity index (χ0n) is 12.7. The van der Waals surface area contributed by atoms with Crippen LogP contribution in [0.2, 0.25) is 0 Å². The van der Waals surface area contributed by atoms with Crippen LogP contribution in [0.4, 0.5) is 0 Å². The molecule has 1 aromatic carbocycles. The van der Waals surface area contributed by atoms with Crippen molar-refractivity contribution < 1.29 is 4.74 Å². The Morgan fingerprint density at radius 1 is 1.29 bits per heavy atom. The molecule has 2 heterocycles. The summed E-state index contributed by atoms with van der Waals surface area (Å²) in [5.74, 6) is 0.687. The first-order valence-corrected chi connectivity index (χ1v) is 7.83. The molecule has 1 atom stereocenters. The third-order valence-corrected chi connectivity index (χ3v) is 4.68. The fourth-order valence-electron chi connectivity index (χ4n) is 3.61. The van der Waals surface area contributed by atoms with Crippen molar-refractivity contribution in [3.63, 3.8) is 0 Å². The molecule has 0 bridgehead atoms. The predicted octanol–water partition coefficient (Wildman–Crippen LogP) is 2.24. The van der Waals surface area contributed by atoms with Crippen LogP contribution in [-0.4, -0.2) is 49.1 Å². The summed E-state index contributed by atoms with van der Waals surface area (Å²) in [5.41, 5.74) is 1.84. The highest BCUT2D eigenvalue weighted by Gasteiger charge is 2.28. The Morgan fingerprint density at radius 3 is 2.95 bits per heavy atom. The van der Waals surface area contributed by atoms with Crippen LogP contribution in [0, 0.1) is 11.3 Å². The summed E-state index contributed by atoms with van der Waals surface area (Å²) in [6, 6.07) is 8.85. The highest BCUT2D eigenvalue weighted by atomic mass is 16.5. The van der Waals surface area contributed by atoms with E-state index in [1.807, 2.05) is 12.1 Å². The molecule has 1 aromatic rings. The first-order chi connectivity index (χ1) is 10.3. The average Bonchev–Trinajstić information content (AvgIpc) is 2.86. The smallest absolute Gasteiger partial charge is 0.136 e. The lowest BCUT2D eigenvalue weighted by molar-refractivity contribution is 0.215. The zero-order chi connectivity index (χ0) is 14.7. The van der Waals surface area contributed by atoms with E-state index in [0.29, 0.717) is 11.3 Å². The van der Waals surface area contributed by atoms with E-state index in [-0.39, 0.29) is 0 Å². The van der Waals surface area contributed by atoms with Gasteiger partial charge in [0.15, 0.2) is 0 Å². The number of nitrogens with zero attached hydrogens (tertiary/aromatic N) is 3. The maximum Gasteiger partial charge on any atom is 0.136 e. The summed E-state index contributed by atoms with van der Waals surface area (Å²) < 4.78 is 5.31. The maximum atomic E-state index is 9.06. The summed E-state index contributed by atoms with van der Waals surface area (Å²) in [5, 5.41) is 9.06. The Kier molecular flexibility index (Phi) is 4.42. The van der Waals surface area contributed by atoms with Crippen molar-refractivity contribution in [3.8, 4) is 11.8 Å². The van der Waals surface area contributed by atoms with Gasteiger partial charge in [0, 0.05) is 19.1 Å². The second-order valence-corrected chi connectivity index (χ2v) is 6.07. The SMILES string of the molecule is COc1cc(CN2CCCN3CCCC3C2)ccc1C#N. The first kappa shape index (κ1) is 14.4. The highest BCUT2D eigenvalue weighted by molar-refractivity contribution is 5.45. The van der Waals surface area contributed by atoms with E-state index in [1.54, 1.807) is 7.11 Å². The normalized spacial score (nSPS) is 23.3. The standard InChI is InChI=1S/C17H23N3O/c1-21-17-10-14(5-6-15(17)11-18)12-19-7-3-9-20-8-2-4-16(20)13-19/h5-6,10,16H,2-4,7-9,12-13H2,1H3. The van der Waals surface area contributed by atoms with Gasteiger partial charge in [-0.25, -0.2) is 0 Å². The first-order valence-electron chi connectivity index (χ1n) is 7.83. The van der Waals surface area contributed by atoms with Gasteiger partial charge in [-0.15, -0.1) is 0 Å². The predicted molar refractivity (Wildman–Crippen MR) is 82.2 cm³/mol. The molecule has 0 radical (unpaired) electrons. The van der Waals surface area contributed by atoms with Crippen LogP contribution in [0.3, 0.4) is 0 Å². The zero-order valence-corrected chi connectivity index (χ0v) is 12.7. The number of methoxy groups -OCH3 is 1. The number of hydrogen-bond donors (Lipinski definition) is 0. The quantitative estimate of drug-likeness (QED) is 0.854. The number of ether oxygens (including phenoxy) is 1. The van der Waals surface area contributed by atoms with Crippen molar-refractivity contribution >= 4 is 0 Å². The monoisotopic (exact) mass is 285 g/mol. The van der Waals surface area contributed by atoms with E-state index in [0.717, 1.165) is 19.1 Å². The molecule has 4 heteroatoms. The Morgan fingerprint density at radius 2 is 2.14 bits per heavy atom. The molecule has 2 saturated heterocycles. The minimum absolute atomic E-state index is 0.610. The van der Waals surface area contributed by atoms with Crippen LogP contribution in [0.1, 0.15) is 30.4 Å². The minimum Gasteiger partial charge on any atom is -0.495 e. The Labute approximate surface area is 126 Å². The van der Waals surface area contributed by atoms with Crippen molar-refractivity contribution in [2.24, 2.45) is 0 Å². The van der Waals surface area contributed by atoms with Crippen molar-refractivity contribution in [2.45, 2.75) is 31.8 Å². The van der Waals surface area contributed by atoms with Gasteiger partial charge in [-0.2, -0.15) is 5.26 Å². The second kappa shape index (κ2) is 6.46. The number of benzene rings is 1. The Balaban J connectivity index is 1.69. The molecule has 2 aliphatic rings. The van der Waals surface area contributed by atoms with E-state index >= 15 is 0 Å². The maximum absolute atomic E-state index is 9.06. The van der Waals surface area contributed by atoms with Gasteiger partial charge in [0.1, 0.15) is 11.8 Å². The molecule has 1 unspecified atom stereocenters. The third kappa shape index (κ3) is 3.20. The van der Waals surface area contributed by atoms with Crippen molar-refractivity contribution in [1.82, 2.24) is 9.80 Å². The van der Waals surface area contributed by atoms with Crippen LogP contribution in [0.25, 0.3) is 0 Å². The highest BCUT2D eigenvalue weighted by Crippen LogP contribution is 2.24. The fraction of sp³-hybridized carbons (Fsp3) is 0.588. The summed E-state index contributed by atoms with van der Waals surface area (Å²) in [4.78, 5) is 5.20. The van der Waals surface area contributed by atoms with Gasteiger partial charge in [0.2, 0.25) is 0 Å². The van der Waals surface area contributed by atoms with Gasteiger partial charge in [-0.05, 0) is 56.6 Å². The van der Waals surface area contributed by atoms with Crippen molar-refractivity contribution in [1.29, 1.82) is 5.26 Å². The lowest BCUT2D eigenvalue weighted by Gasteiger charge is -2.25. The molecule has 0 aromatic heterocycles. The van der Waals surface area contributed by atoms with Gasteiger partial charge in [-0.3, -0.25) is 9.80 Å². The molecule has 4 nitrogen and oxygen atoms in total. The molecular formula is C17H23N3O. The topological polar surface area (TPSA) is 39.5 Å². The van der Waals surface area contributed by atoms with E-state index in [9.17, 15) is 0 Å². The van der Waals surface area contributed by atoms with Gasteiger partial charge >= 0.3 is 0 Å². The van der Waals surface area contributed by atoms with Gasteiger partial charge in [0.25, 0.3) is 0 Å². The molecule has 0 amide bonds. The molecule has 112 valence electrons. The lowest BCUT2D eigenvalue weighted by atomic mass is 10.1. The van der Waals surface area contributed by atoms with Gasteiger partial charge in [-0.1, -0.05) is 6.07 Å². The van der Waals surface area contributed by atoms with Crippen LogP contribution in [0.5, 0.6) is 5.75 Å². The van der Waals surface area contributed by atoms with Crippen LogP contribution in [-0.2, 0) is 6.54 Å². The minimum atomic E-state index is 0.610. The van der Waals surface area contributed by atoms with E-state index in [1.165, 1.54) is 44.5 Å². The number of fused-ring (bicyclic) bond motifs is 1. The molecule has 2 aliphatic heterocycles. The average molecular weight is 285 g/mol. The number of nitriles is 1. The Hall–Kier alpha value is -1.57. The largest absolute Gasteiger partial charge is 0.495 e. The third-order valence-electron chi connectivity index (χ3n) is 4.68. The van der Waals surface area contributed by atoms with E-state index in [4.69, 9.17) is 10.00 Å². The van der Waals surface area contributed by atoms with Crippen LogP contribution >= 0.6 is 0 Å². The molecule has 3 rings (SSSR count). The lowest BCUT2D eigenvalue weighted by Crippen LogP contribution is -2.36. The molecular weight excluding hydrogens is 262 g/mol. The molecule has 0 aliphatic carbocycles. The summed E-state index contributed by atoms with van der Waals surface area (Å²) >= 11 is 0. The van der Waals surface area contributed by atoms with Crippen LogP contribution in [0.15, 0.2) is 18.2 Å². The number of hydrogen-bond acceptors (Lipinski definition) is 4. The fourth-order valence-corrected chi connectivity index (χ4v) is 3.61. The molecule has 21 heavy (non-hydrogen) atoms. The number of rotatable bonds is 3. The van der Waals surface area contributed by atoms with Crippen molar-refractivity contribution in [3.05, 3.63) is 29.3 Å². The van der Waals surface area contributed by atoms with Crippen molar-refractivity contribution in [2.75, 3.05) is 33.3 Å². The van der Waals surface area contributed by atoms with Crippen LogP contribution < -0.4 is 4.74 Å². The summed E-state index contributed by atoms with van der Waals surface area (Å²) in [7, 11) is 1.63. The second-order valence-electron chi connectivity index (χ2n) is 6.07. The molecule has 2 fully saturated rings. The molecule has 0 spiro atoms. The van der Waals surface area contributed by atoms with Gasteiger partial charge < -0.3 is 4.74 Å².